The Labute approximate surface area is 143 Å². The number of aromatic nitrogens is 2. The first kappa shape index (κ1) is 16.0. The zero-order valence-electron chi connectivity index (χ0n) is 14.1. The lowest BCUT2D eigenvalue weighted by molar-refractivity contribution is 0.810. The van der Waals surface area contributed by atoms with Crippen molar-refractivity contribution in [3.8, 4) is 0 Å². The number of rotatable bonds is 6. The average molecular weight is 318 g/mol. The monoisotopic (exact) mass is 318 g/mol. The molecule has 4 nitrogen and oxygen atoms in total. The second-order valence-corrected chi connectivity index (χ2v) is 5.70. The fourth-order valence-corrected chi connectivity index (χ4v) is 2.60. The van der Waals surface area contributed by atoms with Crippen molar-refractivity contribution < 1.29 is 0 Å². The molecule has 122 valence electrons. The molecule has 24 heavy (non-hydrogen) atoms. The molecular formula is C20H22N4. The Hall–Kier alpha value is -2.88. The number of aryl methyl sites for hydroxylation is 1. The first-order valence-electron chi connectivity index (χ1n) is 8.20. The van der Waals surface area contributed by atoms with Crippen molar-refractivity contribution in [1.29, 1.82) is 0 Å². The minimum absolute atomic E-state index is 0.806. The Kier molecular flexibility index (Phi) is 5.06. The largest absolute Gasteiger partial charge is 0.352 e. The molecule has 0 atom stereocenters. The van der Waals surface area contributed by atoms with Gasteiger partial charge < -0.3 is 10.2 Å². The molecule has 0 saturated carbocycles. The van der Waals surface area contributed by atoms with Gasteiger partial charge >= 0.3 is 0 Å². The lowest BCUT2D eigenvalue weighted by atomic mass is 10.2. The summed E-state index contributed by atoms with van der Waals surface area (Å²) in [5.41, 5.74) is 3.52. The summed E-state index contributed by atoms with van der Waals surface area (Å²) < 4.78 is 0. The van der Waals surface area contributed by atoms with E-state index in [9.17, 15) is 0 Å². The fraction of sp³-hybridized carbons (Fsp3) is 0.200. The van der Waals surface area contributed by atoms with Crippen molar-refractivity contribution >= 4 is 17.3 Å². The standard InChI is InChI=1S/C20H22N4/c1-3-24(14-17-10-5-4-6-11-17)20-13-19(21-15-22-20)23-18-12-8-7-9-16(18)2/h4-13,15H,3,14H2,1-2H3,(H,21,22,23). The van der Waals surface area contributed by atoms with Gasteiger partial charge in [-0.3, -0.25) is 0 Å². The van der Waals surface area contributed by atoms with Gasteiger partial charge in [-0.2, -0.15) is 0 Å². The van der Waals surface area contributed by atoms with Crippen LogP contribution in [0.4, 0.5) is 17.3 Å². The van der Waals surface area contributed by atoms with E-state index in [0.717, 1.165) is 30.4 Å². The van der Waals surface area contributed by atoms with Gasteiger partial charge in [0.05, 0.1) is 0 Å². The van der Waals surface area contributed by atoms with Gasteiger partial charge in [-0.15, -0.1) is 0 Å². The molecule has 0 aliphatic carbocycles. The Morgan fingerprint density at radius 2 is 1.71 bits per heavy atom. The van der Waals surface area contributed by atoms with Crippen molar-refractivity contribution in [3.05, 3.63) is 78.1 Å². The van der Waals surface area contributed by atoms with Crippen LogP contribution >= 0.6 is 0 Å². The van der Waals surface area contributed by atoms with E-state index < -0.39 is 0 Å². The molecule has 0 bridgehead atoms. The van der Waals surface area contributed by atoms with Gasteiger partial charge in [0.1, 0.15) is 18.0 Å². The van der Waals surface area contributed by atoms with E-state index in [2.05, 4.69) is 70.4 Å². The third-order valence-electron chi connectivity index (χ3n) is 3.98. The van der Waals surface area contributed by atoms with Crippen LogP contribution in [0, 0.1) is 6.92 Å². The highest BCUT2D eigenvalue weighted by Gasteiger charge is 2.09. The average Bonchev–Trinajstić information content (AvgIpc) is 2.63. The molecule has 0 amide bonds. The van der Waals surface area contributed by atoms with Crippen molar-refractivity contribution in [2.45, 2.75) is 20.4 Å². The summed E-state index contributed by atoms with van der Waals surface area (Å²) in [7, 11) is 0. The van der Waals surface area contributed by atoms with Gasteiger partial charge in [-0.05, 0) is 31.0 Å². The highest BCUT2D eigenvalue weighted by atomic mass is 15.2. The lowest BCUT2D eigenvalue weighted by Gasteiger charge is -2.22. The summed E-state index contributed by atoms with van der Waals surface area (Å²) in [4.78, 5) is 11.0. The minimum Gasteiger partial charge on any atom is -0.352 e. The molecule has 0 unspecified atom stereocenters. The van der Waals surface area contributed by atoms with Gasteiger partial charge in [-0.1, -0.05) is 48.5 Å². The summed E-state index contributed by atoms with van der Waals surface area (Å²) in [6.45, 7) is 5.94. The maximum Gasteiger partial charge on any atom is 0.135 e. The Morgan fingerprint density at radius 3 is 2.46 bits per heavy atom. The number of anilines is 3. The van der Waals surface area contributed by atoms with Crippen molar-refractivity contribution in [2.75, 3.05) is 16.8 Å². The highest BCUT2D eigenvalue weighted by Crippen LogP contribution is 2.22. The molecule has 0 aliphatic rings. The first-order valence-corrected chi connectivity index (χ1v) is 8.20. The van der Waals surface area contributed by atoms with Crippen LogP contribution in [0.1, 0.15) is 18.1 Å². The van der Waals surface area contributed by atoms with Crippen LogP contribution in [0.25, 0.3) is 0 Å². The minimum atomic E-state index is 0.806. The van der Waals surface area contributed by atoms with Crippen LogP contribution in [-0.2, 0) is 6.54 Å². The van der Waals surface area contributed by atoms with Crippen LogP contribution in [-0.4, -0.2) is 16.5 Å². The summed E-state index contributed by atoms with van der Waals surface area (Å²) >= 11 is 0. The topological polar surface area (TPSA) is 41.0 Å². The predicted molar refractivity (Wildman–Crippen MR) is 99.7 cm³/mol. The van der Waals surface area contributed by atoms with E-state index in [1.807, 2.05) is 24.3 Å². The molecule has 0 radical (unpaired) electrons. The second-order valence-electron chi connectivity index (χ2n) is 5.70. The van der Waals surface area contributed by atoms with E-state index in [0.29, 0.717) is 0 Å². The van der Waals surface area contributed by atoms with Crippen LogP contribution in [0.3, 0.4) is 0 Å². The number of benzene rings is 2. The van der Waals surface area contributed by atoms with Crippen LogP contribution in [0.15, 0.2) is 67.0 Å². The third-order valence-corrected chi connectivity index (χ3v) is 3.98. The number of hydrogen-bond donors (Lipinski definition) is 1. The summed E-state index contributed by atoms with van der Waals surface area (Å²) in [5, 5.41) is 3.38. The highest BCUT2D eigenvalue weighted by molar-refractivity contribution is 5.62. The third kappa shape index (κ3) is 3.90. The molecule has 3 aromatic rings. The molecule has 2 aromatic carbocycles. The van der Waals surface area contributed by atoms with Crippen molar-refractivity contribution in [3.63, 3.8) is 0 Å². The van der Waals surface area contributed by atoms with E-state index in [-0.39, 0.29) is 0 Å². The van der Waals surface area contributed by atoms with Gasteiger partial charge in [0, 0.05) is 24.8 Å². The van der Waals surface area contributed by atoms with E-state index in [4.69, 9.17) is 0 Å². The van der Waals surface area contributed by atoms with E-state index in [1.54, 1.807) is 6.33 Å². The Bertz CT molecular complexity index is 786. The Balaban J connectivity index is 1.79. The number of hydrogen-bond acceptors (Lipinski definition) is 4. The smallest absolute Gasteiger partial charge is 0.135 e. The fourth-order valence-electron chi connectivity index (χ4n) is 2.60. The summed E-state index contributed by atoms with van der Waals surface area (Å²) in [5.74, 6) is 1.73. The molecular weight excluding hydrogens is 296 g/mol. The van der Waals surface area contributed by atoms with Crippen LogP contribution in [0.5, 0.6) is 0 Å². The SMILES string of the molecule is CCN(Cc1ccccc1)c1cc(Nc2ccccc2C)ncn1. The van der Waals surface area contributed by atoms with Crippen molar-refractivity contribution in [2.24, 2.45) is 0 Å². The zero-order chi connectivity index (χ0) is 16.8. The number of nitrogens with zero attached hydrogens (tertiary/aromatic N) is 3. The van der Waals surface area contributed by atoms with Crippen molar-refractivity contribution in [1.82, 2.24) is 9.97 Å². The normalized spacial score (nSPS) is 10.4. The molecule has 1 aromatic heterocycles. The first-order chi connectivity index (χ1) is 11.8. The van der Waals surface area contributed by atoms with E-state index >= 15 is 0 Å². The maximum atomic E-state index is 4.45. The van der Waals surface area contributed by atoms with Gasteiger partial charge in [0.15, 0.2) is 0 Å². The molecule has 0 aliphatic heterocycles. The Morgan fingerprint density at radius 1 is 0.958 bits per heavy atom. The second kappa shape index (κ2) is 7.59. The van der Waals surface area contributed by atoms with Crippen LogP contribution in [0.2, 0.25) is 0 Å². The van der Waals surface area contributed by atoms with Gasteiger partial charge in [0.25, 0.3) is 0 Å². The summed E-state index contributed by atoms with van der Waals surface area (Å²) in [6, 6.07) is 20.6. The molecule has 4 heteroatoms. The van der Waals surface area contributed by atoms with Crippen LogP contribution < -0.4 is 10.2 Å². The molecule has 0 spiro atoms. The lowest BCUT2D eigenvalue weighted by Crippen LogP contribution is -2.23. The molecule has 0 fully saturated rings. The maximum absolute atomic E-state index is 4.45. The molecule has 3 rings (SSSR count). The zero-order valence-corrected chi connectivity index (χ0v) is 14.1. The molecule has 1 N–H and O–H groups in total. The van der Waals surface area contributed by atoms with E-state index in [1.165, 1.54) is 11.1 Å². The predicted octanol–water partition coefficient (Wildman–Crippen LogP) is 4.56. The number of nitrogens with one attached hydrogen (secondary N) is 1. The van der Waals surface area contributed by atoms with Gasteiger partial charge in [-0.25, -0.2) is 9.97 Å². The quantitative estimate of drug-likeness (QED) is 0.723. The molecule has 1 heterocycles. The van der Waals surface area contributed by atoms with Gasteiger partial charge in [0.2, 0.25) is 0 Å². The number of para-hydroxylation sites is 1. The summed E-state index contributed by atoms with van der Waals surface area (Å²) in [6.07, 6.45) is 1.61. The molecule has 0 saturated heterocycles.